The average molecular weight is 293 g/mol. The van der Waals surface area contributed by atoms with Gasteiger partial charge in [-0.2, -0.15) is 0 Å². The Morgan fingerprint density at radius 1 is 1.00 bits per heavy atom. The van der Waals surface area contributed by atoms with Crippen LogP contribution in [-0.2, 0) is 6.54 Å². The Balaban J connectivity index is 1.45. The van der Waals surface area contributed by atoms with E-state index in [9.17, 15) is 0 Å². The molecule has 0 heterocycles. The molecule has 21 heavy (non-hydrogen) atoms. The summed E-state index contributed by atoms with van der Waals surface area (Å²) in [5, 5.41) is 3.53. The molecule has 0 spiro atoms. The lowest BCUT2D eigenvalue weighted by atomic mass is 10.2. The van der Waals surface area contributed by atoms with Crippen molar-refractivity contribution in [3.8, 4) is 11.8 Å². The summed E-state index contributed by atoms with van der Waals surface area (Å²) in [5.74, 6) is 7.23. The summed E-state index contributed by atoms with van der Waals surface area (Å²) < 4.78 is 0. The first-order chi connectivity index (χ1) is 10.4. The van der Waals surface area contributed by atoms with Gasteiger partial charge in [0.1, 0.15) is 0 Å². The van der Waals surface area contributed by atoms with Crippen LogP contribution in [0.2, 0.25) is 0 Å². The maximum Gasteiger partial charge on any atom is 0.0598 e. The van der Waals surface area contributed by atoms with Gasteiger partial charge in [0.05, 0.1) is 5.75 Å². The summed E-state index contributed by atoms with van der Waals surface area (Å²) in [5.41, 5.74) is 2.45. The molecule has 1 aliphatic rings. The number of hydrogen-bond acceptors (Lipinski definition) is 2. The third-order valence-corrected chi connectivity index (χ3v) is 4.31. The molecule has 1 nitrogen and oxygen atoms in total. The van der Waals surface area contributed by atoms with Crippen molar-refractivity contribution in [2.24, 2.45) is 0 Å². The molecule has 0 bridgehead atoms. The van der Waals surface area contributed by atoms with Crippen LogP contribution >= 0.6 is 11.8 Å². The second kappa shape index (κ2) is 7.36. The molecule has 0 aliphatic heterocycles. The first-order valence-electron chi connectivity index (χ1n) is 7.39. The quantitative estimate of drug-likeness (QED) is 0.658. The van der Waals surface area contributed by atoms with Crippen LogP contribution in [0.3, 0.4) is 0 Å². The predicted molar refractivity (Wildman–Crippen MR) is 90.3 cm³/mol. The van der Waals surface area contributed by atoms with Crippen molar-refractivity contribution in [2.45, 2.75) is 30.3 Å². The molecule has 2 aromatic rings. The molecule has 106 valence electrons. The van der Waals surface area contributed by atoms with Gasteiger partial charge in [0, 0.05) is 23.0 Å². The SMILES string of the molecule is C(#Cc1ccccc1)CSc1ccc(CNC2CC2)cc1. The third kappa shape index (κ3) is 4.97. The fourth-order valence-corrected chi connectivity index (χ4v) is 2.67. The van der Waals surface area contributed by atoms with Crippen LogP contribution in [0, 0.1) is 11.8 Å². The van der Waals surface area contributed by atoms with E-state index in [1.54, 1.807) is 11.8 Å². The van der Waals surface area contributed by atoms with Gasteiger partial charge in [0.15, 0.2) is 0 Å². The Morgan fingerprint density at radius 3 is 2.48 bits per heavy atom. The monoisotopic (exact) mass is 293 g/mol. The van der Waals surface area contributed by atoms with E-state index in [0.717, 1.165) is 23.9 Å². The number of thioether (sulfide) groups is 1. The molecule has 1 N–H and O–H groups in total. The van der Waals surface area contributed by atoms with E-state index in [2.05, 4.69) is 41.4 Å². The van der Waals surface area contributed by atoms with Gasteiger partial charge in [-0.15, -0.1) is 11.8 Å². The van der Waals surface area contributed by atoms with Crippen LogP contribution in [0.1, 0.15) is 24.0 Å². The van der Waals surface area contributed by atoms with Crippen LogP contribution in [0.4, 0.5) is 0 Å². The summed E-state index contributed by atoms with van der Waals surface area (Å²) in [4.78, 5) is 1.28. The molecule has 1 saturated carbocycles. The van der Waals surface area contributed by atoms with Crippen molar-refractivity contribution in [2.75, 3.05) is 5.75 Å². The Kier molecular flexibility index (Phi) is 4.99. The van der Waals surface area contributed by atoms with E-state index in [-0.39, 0.29) is 0 Å². The number of hydrogen-bond donors (Lipinski definition) is 1. The largest absolute Gasteiger partial charge is 0.310 e. The van der Waals surface area contributed by atoms with Gasteiger partial charge in [-0.1, -0.05) is 42.2 Å². The molecule has 0 amide bonds. The molecule has 0 atom stereocenters. The van der Waals surface area contributed by atoms with E-state index < -0.39 is 0 Å². The Bertz CT molecular complexity index is 618. The highest BCUT2D eigenvalue weighted by atomic mass is 32.2. The third-order valence-electron chi connectivity index (χ3n) is 3.41. The van der Waals surface area contributed by atoms with Gasteiger partial charge in [-0.25, -0.2) is 0 Å². The number of rotatable bonds is 5. The first-order valence-corrected chi connectivity index (χ1v) is 8.38. The zero-order valence-corrected chi connectivity index (χ0v) is 12.8. The van der Waals surface area contributed by atoms with Crippen LogP contribution in [0.15, 0.2) is 59.5 Å². The lowest BCUT2D eigenvalue weighted by molar-refractivity contribution is 0.687. The molecule has 1 aliphatic carbocycles. The lowest BCUT2D eigenvalue weighted by Gasteiger charge is -2.04. The van der Waals surface area contributed by atoms with Crippen molar-refractivity contribution < 1.29 is 0 Å². The summed E-state index contributed by atoms with van der Waals surface area (Å²) in [7, 11) is 0. The van der Waals surface area contributed by atoms with Gasteiger partial charge in [0.2, 0.25) is 0 Å². The van der Waals surface area contributed by atoms with Crippen molar-refractivity contribution >= 4 is 11.8 Å². The Labute approximate surface area is 131 Å². The van der Waals surface area contributed by atoms with Gasteiger partial charge >= 0.3 is 0 Å². The molecular formula is C19H19NS. The molecule has 0 saturated heterocycles. The fraction of sp³-hybridized carbons (Fsp3) is 0.263. The van der Waals surface area contributed by atoms with Crippen molar-refractivity contribution in [3.63, 3.8) is 0 Å². The van der Waals surface area contributed by atoms with E-state index in [1.807, 2.05) is 30.3 Å². The molecule has 2 aromatic carbocycles. The minimum Gasteiger partial charge on any atom is -0.310 e. The normalized spacial score (nSPS) is 13.5. The topological polar surface area (TPSA) is 12.0 Å². The zero-order chi connectivity index (χ0) is 14.3. The maximum absolute atomic E-state index is 3.53. The molecule has 3 rings (SSSR count). The molecule has 2 heteroatoms. The predicted octanol–water partition coefficient (Wildman–Crippen LogP) is 4.08. The van der Waals surface area contributed by atoms with E-state index in [1.165, 1.54) is 23.3 Å². The van der Waals surface area contributed by atoms with Gasteiger partial charge in [-0.05, 0) is 42.7 Å². The smallest absolute Gasteiger partial charge is 0.0598 e. The van der Waals surface area contributed by atoms with Crippen molar-refractivity contribution in [1.82, 2.24) is 5.32 Å². The summed E-state index contributed by atoms with van der Waals surface area (Å²) in [6.45, 7) is 0.990. The number of nitrogens with one attached hydrogen (secondary N) is 1. The van der Waals surface area contributed by atoms with E-state index in [4.69, 9.17) is 0 Å². The fourth-order valence-electron chi connectivity index (χ4n) is 2.03. The van der Waals surface area contributed by atoms with E-state index >= 15 is 0 Å². The molecule has 0 aromatic heterocycles. The zero-order valence-electron chi connectivity index (χ0n) is 12.0. The lowest BCUT2D eigenvalue weighted by Crippen LogP contribution is -2.14. The highest BCUT2D eigenvalue weighted by molar-refractivity contribution is 7.99. The second-order valence-corrected chi connectivity index (χ2v) is 6.30. The van der Waals surface area contributed by atoms with Gasteiger partial charge in [0.25, 0.3) is 0 Å². The Morgan fingerprint density at radius 2 is 1.76 bits per heavy atom. The summed E-state index contributed by atoms with van der Waals surface area (Å²) >= 11 is 1.79. The van der Waals surface area contributed by atoms with Crippen LogP contribution in [0.25, 0.3) is 0 Å². The van der Waals surface area contributed by atoms with Gasteiger partial charge in [-0.3, -0.25) is 0 Å². The molecule has 0 radical (unpaired) electrons. The van der Waals surface area contributed by atoms with Gasteiger partial charge < -0.3 is 5.32 Å². The molecule has 0 unspecified atom stereocenters. The Hall–Kier alpha value is -1.69. The highest BCUT2D eigenvalue weighted by Gasteiger charge is 2.19. The van der Waals surface area contributed by atoms with Crippen molar-refractivity contribution in [1.29, 1.82) is 0 Å². The maximum atomic E-state index is 3.53. The molecular weight excluding hydrogens is 274 g/mol. The second-order valence-electron chi connectivity index (χ2n) is 5.26. The van der Waals surface area contributed by atoms with Crippen LogP contribution in [-0.4, -0.2) is 11.8 Å². The van der Waals surface area contributed by atoms with Crippen LogP contribution < -0.4 is 5.32 Å². The summed E-state index contributed by atoms with van der Waals surface area (Å²) in [6.07, 6.45) is 2.68. The standard InChI is InChI=1S/C19H19NS/c1-2-5-16(6-3-1)7-4-14-21-19-12-8-17(9-13-19)15-20-18-10-11-18/h1-3,5-6,8-9,12-13,18,20H,10-11,14-15H2. The van der Waals surface area contributed by atoms with Crippen molar-refractivity contribution in [3.05, 3.63) is 65.7 Å². The minimum absolute atomic E-state index is 0.771. The number of benzene rings is 2. The molecule has 1 fully saturated rings. The van der Waals surface area contributed by atoms with Crippen LogP contribution in [0.5, 0.6) is 0 Å². The highest BCUT2D eigenvalue weighted by Crippen LogP contribution is 2.21. The first kappa shape index (κ1) is 14.3. The van der Waals surface area contributed by atoms with E-state index in [0.29, 0.717) is 0 Å². The summed E-state index contributed by atoms with van der Waals surface area (Å²) in [6, 6.07) is 19.7. The minimum atomic E-state index is 0.771. The average Bonchev–Trinajstić information content (AvgIpc) is 3.36.